The van der Waals surface area contributed by atoms with E-state index >= 15 is 0 Å². The second-order valence-electron chi connectivity index (χ2n) is 6.64. The third kappa shape index (κ3) is 4.50. The van der Waals surface area contributed by atoms with Gasteiger partial charge in [-0.05, 0) is 43.5 Å². The minimum Gasteiger partial charge on any atom is -0.343 e. The Morgan fingerprint density at radius 1 is 1.07 bits per heavy atom. The van der Waals surface area contributed by atoms with Gasteiger partial charge < -0.3 is 4.90 Å². The lowest BCUT2D eigenvalue weighted by Gasteiger charge is -2.32. The zero-order chi connectivity index (χ0) is 19.4. The van der Waals surface area contributed by atoms with Gasteiger partial charge in [-0.15, -0.1) is 0 Å². The molecule has 144 valence electrons. The fraction of sp³-hybridized carbons (Fsp3) is 0.350. The number of rotatable bonds is 5. The fourth-order valence-corrected chi connectivity index (χ4v) is 5.39. The number of hydrogen-bond donors (Lipinski definition) is 0. The molecule has 0 unspecified atom stereocenters. The number of carbonyl (C=O) groups is 1. The summed E-state index contributed by atoms with van der Waals surface area (Å²) in [7, 11) is -3.38. The van der Waals surface area contributed by atoms with E-state index in [4.69, 9.17) is 11.6 Å². The highest BCUT2D eigenvalue weighted by Crippen LogP contribution is 2.25. The minimum atomic E-state index is -3.38. The van der Waals surface area contributed by atoms with Crippen LogP contribution < -0.4 is 0 Å². The predicted octanol–water partition coefficient (Wildman–Crippen LogP) is 3.88. The van der Waals surface area contributed by atoms with Crippen molar-refractivity contribution in [3.8, 4) is 0 Å². The Bertz CT molecular complexity index is 890. The van der Waals surface area contributed by atoms with Crippen molar-refractivity contribution in [1.29, 1.82) is 0 Å². The maximum absolute atomic E-state index is 13.8. The summed E-state index contributed by atoms with van der Waals surface area (Å²) in [6.45, 7) is 0.779. The molecule has 1 heterocycles. The van der Waals surface area contributed by atoms with Crippen LogP contribution in [0.3, 0.4) is 0 Å². The van der Waals surface area contributed by atoms with Crippen LogP contribution >= 0.6 is 11.6 Å². The standard InChI is InChI=1S/C20H21ClFNO3S/c21-18-7-4-8-19(22)17(18)9-10-20(24)23-13-11-16(12-14-23)27(25,26)15-5-2-1-3-6-15/h1-8,16H,9-14H2. The molecule has 1 aliphatic rings. The van der Waals surface area contributed by atoms with E-state index in [0.29, 0.717) is 41.4 Å². The molecule has 1 saturated heterocycles. The number of hydrogen-bond acceptors (Lipinski definition) is 3. The van der Waals surface area contributed by atoms with E-state index in [2.05, 4.69) is 0 Å². The SMILES string of the molecule is O=C(CCc1c(F)cccc1Cl)N1CCC(S(=O)(=O)c2ccccc2)CC1. The van der Waals surface area contributed by atoms with E-state index in [-0.39, 0.29) is 18.7 Å². The number of carbonyl (C=O) groups excluding carboxylic acids is 1. The maximum Gasteiger partial charge on any atom is 0.222 e. The Morgan fingerprint density at radius 3 is 2.37 bits per heavy atom. The molecule has 1 aliphatic heterocycles. The van der Waals surface area contributed by atoms with Gasteiger partial charge in [-0.1, -0.05) is 35.9 Å². The number of piperidine rings is 1. The lowest BCUT2D eigenvalue weighted by atomic mass is 10.1. The third-order valence-electron chi connectivity index (χ3n) is 4.96. The molecule has 0 atom stereocenters. The molecular formula is C20H21ClFNO3S. The number of halogens is 2. The normalized spacial score (nSPS) is 15.7. The number of likely N-dealkylation sites (tertiary alicyclic amines) is 1. The molecule has 2 aromatic rings. The van der Waals surface area contributed by atoms with Gasteiger partial charge >= 0.3 is 0 Å². The van der Waals surface area contributed by atoms with Gasteiger partial charge in [0.15, 0.2) is 9.84 Å². The van der Waals surface area contributed by atoms with Crippen molar-refractivity contribution in [2.45, 2.75) is 35.8 Å². The molecule has 2 aromatic carbocycles. The first-order chi connectivity index (χ1) is 12.9. The Hall–Kier alpha value is -1.92. The summed E-state index contributed by atoms with van der Waals surface area (Å²) in [6.07, 6.45) is 1.19. The predicted molar refractivity (Wildman–Crippen MR) is 103 cm³/mol. The number of amides is 1. The van der Waals surface area contributed by atoms with Crippen molar-refractivity contribution in [2.75, 3.05) is 13.1 Å². The molecule has 0 radical (unpaired) electrons. The zero-order valence-corrected chi connectivity index (χ0v) is 16.3. The molecule has 0 spiro atoms. The van der Waals surface area contributed by atoms with E-state index in [1.807, 2.05) is 0 Å². The Labute approximate surface area is 163 Å². The summed E-state index contributed by atoms with van der Waals surface area (Å²) in [6, 6.07) is 12.9. The van der Waals surface area contributed by atoms with Gasteiger partial charge in [0.2, 0.25) is 5.91 Å². The average molecular weight is 410 g/mol. The van der Waals surface area contributed by atoms with Crippen LogP contribution in [0.2, 0.25) is 5.02 Å². The summed E-state index contributed by atoms with van der Waals surface area (Å²) in [5.41, 5.74) is 0.342. The van der Waals surface area contributed by atoms with Crippen LogP contribution in [0.5, 0.6) is 0 Å². The van der Waals surface area contributed by atoms with Gasteiger partial charge in [0.05, 0.1) is 10.1 Å². The summed E-state index contributed by atoms with van der Waals surface area (Å²) < 4.78 is 39.2. The van der Waals surface area contributed by atoms with Crippen LogP contribution in [0.15, 0.2) is 53.4 Å². The second kappa shape index (κ2) is 8.40. The van der Waals surface area contributed by atoms with Gasteiger partial charge in [0, 0.05) is 30.1 Å². The lowest BCUT2D eigenvalue weighted by Crippen LogP contribution is -2.42. The fourth-order valence-electron chi connectivity index (χ4n) is 3.38. The van der Waals surface area contributed by atoms with Crippen LogP contribution in [-0.2, 0) is 21.1 Å². The molecule has 4 nitrogen and oxygen atoms in total. The highest BCUT2D eigenvalue weighted by atomic mass is 35.5. The molecule has 27 heavy (non-hydrogen) atoms. The quantitative estimate of drug-likeness (QED) is 0.753. The maximum atomic E-state index is 13.8. The molecule has 0 aliphatic carbocycles. The summed E-state index contributed by atoms with van der Waals surface area (Å²) in [4.78, 5) is 14.4. The van der Waals surface area contributed by atoms with E-state index in [1.165, 1.54) is 12.1 Å². The van der Waals surface area contributed by atoms with E-state index in [9.17, 15) is 17.6 Å². The monoisotopic (exact) mass is 409 g/mol. The topological polar surface area (TPSA) is 54.5 Å². The van der Waals surface area contributed by atoms with Crippen LogP contribution in [-0.4, -0.2) is 37.6 Å². The van der Waals surface area contributed by atoms with Crippen molar-refractivity contribution in [3.05, 3.63) is 64.9 Å². The van der Waals surface area contributed by atoms with Crippen molar-refractivity contribution in [1.82, 2.24) is 4.90 Å². The van der Waals surface area contributed by atoms with Gasteiger partial charge in [-0.25, -0.2) is 12.8 Å². The van der Waals surface area contributed by atoms with Crippen molar-refractivity contribution < 1.29 is 17.6 Å². The highest BCUT2D eigenvalue weighted by Gasteiger charge is 2.32. The van der Waals surface area contributed by atoms with Crippen LogP contribution in [0.1, 0.15) is 24.8 Å². The van der Waals surface area contributed by atoms with Crippen LogP contribution in [0.4, 0.5) is 4.39 Å². The Kier molecular flexibility index (Phi) is 6.17. The molecular weight excluding hydrogens is 389 g/mol. The van der Waals surface area contributed by atoms with Crippen LogP contribution in [0, 0.1) is 5.82 Å². The molecule has 1 fully saturated rings. The lowest BCUT2D eigenvalue weighted by molar-refractivity contribution is -0.132. The molecule has 3 rings (SSSR count). The van der Waals surface area contributed by atoms with Gasteiger partial charge in [0.1, 0.15) is 5.82 Å². The molecule has 0 aromatic heterocycles. The third-order valence-corrected chi connectivity index (χ3v) is 7.59. The molecule has 0 saturated carbocycles. The first kappa shape index (κ1) is 19.8. The van der Waals surface area contributed by atoms with Crippen molar-refractivity contribution in [3.63, 3.8) is 0 Å². The average Bonchev–Trinajstić information content (AvgIpc) is 2.68. The van der Waals surface area contributed by atoms with Gasteiger partial charge in [0.25, 0.3) is 0 Å². The second-order valence-corrected chi connectivity index (χ2v) is 9.27. The van der Waals surface area contributed by atoms with Crippen LogP contribution in [0.25, 0.3) is 0 Å². The Morgan fingerprint density at radius 2 is 1.74 bits per heavy atom. The first-order valence-electron chi connectivity index (χ1n) is 8.89. The zero-order valence-electron chi connectivity index (χ0n) is 14.8. The smallest absolute Gasteiger partial charge is 0.222 e. The van der Waals surface area contributed by atoms with E-state index in [1.54, 1.807) is 41.3 Å². The number of nitrogens with zero attached hydrogens (tertiary/aromatic N) is 1. The Balaban J connectivity index is 1.57. The minimum absolute atomic E-state index is 0.107. The molecule has 7 heteroatoms. The summed E-state index contributed by atoms with van der Waals surface area (Å²) >= 11 is 5.99. The highest BCUT2D eigenvalue weighted by molar-refractivity contribution is 7.92. The largest absolute Gasteiger partial charge is 0.343 e. The number of sulfone groups is 1. The summed E-state index contributed by atoms with van der Waals surface area (Å²) in [5, 5.41) is -0.166. The summed E-state index contributed by atoms with van der Waals surface area (Å²) in [5.74, 6) is -0.521. The van der Waals surface area contributed by atoms with Crippen molar-refractivity contribution >= 4 is 27.3 Å². The molecule has 0 N–H and O–H groups in total. The van der Waals surface area contributed by atoms with Crippen molar-refractivity contribution in [2.24, 2.45) is 0 Å². The van der Waals surface area contributed by atoms with Gasteiger partial charge in [-0.2, -0.15) is 0 Å². The number of benzene rings is 2. The molecule has 1 amide bonds. The van der Waals surface area contributed by atoms with E-state index in [0.717, 1.165) is 0 Å². The molecule has 0 bridgehead atoms. The van der Waals surface area contributed by atoms with Gasteiger partial charge in [-0.3, -0.25) is 4.79 Å². The first-order valence-corrected chi connectivity index (χ1v) is 10.8. The van der Waals surface area contributed by atoms with E-state index < -0.39 is 20.9 Å².